The highest BCUT2D eigenvalue weighted by atomic mass is 35.7. The number of carbonyl (C=O) groups excluding carboxylic acids is 1. The highest BCUT2D eigenvalue weighted by Crippen LogP contribution is 2.33. The molecule has 88 valence electrons. The number of phenolic OH excluding ortho intramolecular Hbond substituents is 1. The molecule has 0 saturated heterocycles. The molecule has 0 bridgehead atoms. The molecule has 0 radical (unpaired) electrons. The summed E-state index contributed by atoms with van der Waals surface area (Å²) in [5.74, 6) is -1.70. The van der Waals surface area contributed by atoms with Crippen LogP contribution in [0.4, 0.5) is 0 Å². The summed E-state index contributed by atoms with van der Waals surface area (Å²) in [6, 6.07) is 2.01. The number of ether oxygens (including phenoxy) is 1. The predicted molar refractivity (Wildman–Crippen MR) is 57.5 cm³/mol. The number of halogens is 2. The number of esters is 1. The van der Waals surface area contributed by atoms with E-state index in [1.807, 2.05) is 0 Å². The predicted octanol–water partition coefficient (Wildman–Crippen LogP) is 1.76. The van der Waals surface area contributed by atoms with E-state index in [2.05, 4.69) is 4.74 Å². The minimum absolute atomic E-state index is 0.0579. The van der Waals surface area contributed by atoms with Crippen LogP contribution in [0, 0.1) is 0 Å². The molecule has 0 aromatic heterocycles. The molecule has 16 heavy (non-hydrogen) atoms. The van der Waals surface area contributed by atoms with Gasteiger partial charge >= 0.3 is 5.97 Å². The highest BCUT2D eigenvalue weighted by molar-refractivity contribution is 8.13. The van der Waals surface area contributed by atoms with E-state index >= 15 is 0 Å². The summed E-state index contributed by atoms with van der Waals surface area (Å²) in [6.07, 6.45) is 0. The molecule has 0 heterocycles. The van der Waals surface area contributed by atoms with Crippen molar-refractivity contribution in [3.8, 4) is 5.75 Å². The molecule has 0 saturated carbocycles. The highest BCUT2D eigenvalue weighted by Gasteiger charge is 2.23. The second-order valence-corrected chi connectivity index (χ2v) is 5.70. The fraction of sp³-hybridized carbons (Fsp3) is 0.125. The average molecular weight is 285 g/mol. The minimum atomic E-state index is -4.19. The number of aromatic hydroxyl groups is 1. The normalized spacial score (nSPS) is 11.2. The monoisotopic (exact) mass is 284 g/mol. The zero-order valence-electron chi connectivity index (χ0n) is 7.90. The molecule has 0 amide bonds. The van der Waals surface area contributed by atoms with Crippen LogP contribution in [-0.2, 0) is 13.8 Å². The van der Waals surface area contributed by atoms with Crippen molar-refractivity contribution in [1.82, 2.24) is 0 Å². The van der Waals surface area contributed by atoms with Crippen LogP contribution in [0.2, 0.25) is 5.02 Å². The first-order valence-electron chi connectivity index (χ1n) is 3.83. The van der Waals surface area contributed by atoms with Gasteiger partial charge in [0, 0.05) is 15.7 Å². The Balaban J connectivity index is 3.56. The fourth-order valence-corrected chi connectivity index (χ4v) is 2.27. The number of hydrogen-bond donors (Lipinski definition) is 1. The Morgan fingerprint density at radius 3 is 2.44 bits per heavy atom. The number of methoxy groups -OCH3 is 1. The molecule has 0 atom stereocenters. The summed E-state index contributed by atoms with van der Waals surface area (Å²) in [5, 5.41) is 9.47. The molecular weight excluding hydrogens is 279 g/mol. The van der Waals surface area contributed by atoms with Crippen molar-refractivity contribution >= 4 is 37.3 Å². The molecule has 0 unspecified atom stereocenters. The van der Waals surface area contributed by atoms with Crippen LogP contribution in [0.15, 0.2) is 17.0 Å². The quantitative estimate of drug-likeness (QED) is 0.661. The van der Waals surface area contributed by atoms with Gasteiger partial charge in [-0.25, -0.2) is 13.2 Å². The standard InChI is InChI=1S/C8H6Cl2O5S/c1-15-8(12)5-2-4(9)3-6(7(5)11)16(10,13)14/h2-3,11H,1H3. The second-order valence-electron chi connectivity index (χ2n) is 2.73. The molecule has 0 aliphatic rings. The average Bonchev–Trinajstić information content (AvgIpc) is 2.18. The number of phenols is 1. The Kier molecular flexibility index (Phi) is 3.67. The largest absolute Gasteiger partial charge is 0.506 e. The summed E-state index contributed by atoms with van der Waals surface area (Å²) >= 11 is 5.59. The topological polar surface area (TPSA) is 80.7 Å². The first-order chi connectivity index (χ1) is 7.27. The van der Waals surface area contributed by atoms with Gasteiger partial charge in [0.1, 0.15) is 16.2 Å². The van der Waals surface area contributed by atoms with Crippen molar-refractivity contribution in [2.75, 3.05) is 7.11 Å². The van der Waals surface area contributed by atoms with Gasteiger partial charge < -0.3 is 9.84 Å². The van der Waals surface area contributed by atoms with Crippen LogP contribution in [0.1, 0.15) is 10.4 Å². The van der Waals surface area contributed by atoms with Gasteiger partial charge in [-0.15, -0.1) is 0 Å². The minimum Gasteiger partial charge on any atom is -0.506 e. The zero-order valence-corrected chi connectivity index (χ0v) is 10.2. The molecule has 1 aromatic carbocycles. The molecule has 0 spiro atoms. The van der Waals surface area contributed by atoms with Gasteiger partial charge in [-0.1, -0.05) is 11.6 Å². The van der Waals surface area contributed by atoms with Gasteiger partial charge in [-0.2, -0.15) is 0 Å². The van der Waals surface area contributed by atoms with Crippen LogP contribution in [0.5, 0.6) is 5.75 Å². The maximum atomic E-state index is 11.2. The third-order valence-electron chi connectivity index (χ3n) is 1.71. The molecule has 8 heteroatoms. The van der Waals surface area contributed by atoms with Crippen LogP contribution < -0.4 is 0 Å². The number of benzene rings is 1. The van der Waals surface area contributed by atoms with Crippen molar-refractivity contribution in [3.63, 3.8) is 0 Å². The van der Waals surface area contributed by atoms with Gasteiger partial charge in [-0.05, 0) is 12.1 Å². The Morgan fingerprint density at radius 2 is 2.00 bits per heavy atom. The Morgan fingerprint density at radius 1 is 1.44 bits per heavy atom. The third kappa shape index (κ3) is 2.58. The molecule has 1 rings (SSSR count). The molecule has 1 N–H and O–H groups in total. The molecule has 1 aromatic rings. The molecule has 5 nitrogen and oxygen atoms in total. The number of carbonyl (C=O) groups is 1. The summed E-state index contributed by atoms with van der Waals surface area (Å²) in [4.78, 5) is 10.5. The van der Waals surface area contributed by atoms with E-state index in [-0.39, 0.29) is 10.6 Å². The van der Waals surface area contributed by atoms with E-state index in [4.69, 9.17) is 22.3 Å². The van der Waals surface area contributed by atoms with E-state index in [1.165, 1.54) is 0 Å². The Labute approximate surface area is 101 Å². The van der Waals surface area contributed by atoms with Gasteiger partial charge in [0.15, 0.2) is 0 Å². The van der Waals surface area contributed by atoms with Gasteiger partial charge in [-0.3, -0.25) is 0 Å². The van der Waals surface area contributed by atoms with E-state index in [9.17, 15) is 18.3 Å². The smallest absolute Gasteiger partial charge is 0.341 e. The van der Waals surface area contributed by atoms with Crippen molar-refractivity contribution in [3.05, 3.63) is 22.7 Å². The van der Waals surface area contributed by atoms with Gasteiger partial charge in [0.2, 0.25) is 0 Å². The van der Waals surface area contributed by atoms with Crippen molar-refractivity contribution < 1.29 is 23.1 Å². The van der Waals surface area contributed by atoms with Crippen LogP contribution in [0.25, 0.3) is 0 Å². The van der Waals surface area contributed by atoms with E-state index < -0.39 is 25.7 Å². The molecule has 0 aliphatic heterocycles. The van der Waals surface area contributed by atoms with Crippen LogP contribution in [0.3, 0.4) is 0 Å². The molecule has 0 fully saturated rings. The lowest BCUT2D eigenvalue weighted by molar-refractivity contribution is 0.0597. The van der Waals surface area contributed by atoms with Crippen LogP contribution >= 0.6 is 22.3 Å². The zero-order chi connectivity index (χ0) is 12.5. The van der Waals surface area contributed by atoms with E-state index in [0.717, 1.165) is 19.2 Å². The maximum absolute atomic E-state index is 11.2. The molecule has 0 aliphatic carbocycles. The summed E-state index contributed by atoms with van der Waals surface area (Å²) in [6.45, 7) is 0. The second kappa shape index (κ2) is 4.48. The van der Waals surface area contributed by atoms with Crippen molar-refractivity contribution in [2.45, 2.75) is 4.90 Å². The third-order valence-corrected chi connectivity index (χ3v) is 3.26. The van der Waals surface area contributed by atoms with E-state index in [1.54, 1.807) is 0 Å². The fourth-order valence-electron chi connectivity index (χ4n) is 1.03. The first-order valence-corrected chi connectivity index (χ1v) is 6.51. The van der Waals surface area contributed by atoms with Gasteiger partial charge in [0.05, 0.1) is 7.11 Å². The Bertz CT molecular complexity index is 538. The maximum Gasteiger partial charge on any atom is 0.341 e. The summed E-state index contributed by atoms with van der Waals surface area (Å²) in [7, 11) is 1.95. The lowest BCUT2D eigenvalue weighted by atomic mass is 10.2. The summed E-state index contributed by atoms with van der Waals surface area (Å²) in [5.41, 5.74) is -0.366. The lowest BCUT2D eigenvalue weighted by Gasteiger charge is -2.06. The summed E-state index contributed by atoms with van der Waals surface area (Å²) < 4.78 is 26.5. The molecular formula is C8H6Cl2O5S. The van der Waals surface area contributed by atoms with E-state index in [0.29, 0.717) is 0 Å². The van der Waals surface area contributed by atoms with Crippen LogP contribution in [-0.4, -0.2) is 26.6 Å². The van der Waals surface area contributed by atoms with Gasteiger partial charge in [0.25, 0.3) is 9.05 Å². The lowest BCUT2D eigenvalue weighted by Crippen LogP contribution is -2.04. The Hall–Kier alpha value is -0.980. The van der Waals surface area contributed by atoms with Crippen molar-refractivity contribution in [2.24, 2.45) is 0 Å². The number of hydrogen-bond acceptors (Lipinski definition) is 5. The number of rotatable bonds is 2. The first kappa shape index (κ1) is 13.1. The SMILES string of the molecule is COC(=O)c1cc(Cl)cc(S(=O)(=O)Cl)c1O. The van der Waals surface area contributed by atoms with Crippen molar-refractivity contribution in [1.29, 1.82) is 0 Å².